The molecule has 0 saturated carbocycles. The summed E-state index contributed by atoms with van der Waals surface area (Å²) in [5.74, 6) is -0.220. The van der Waals surface area contributed by atoms with Gasteiger partial charge in [-0.15, -0.1) is 0 Å². The van der Waals surface area contributed by atoms with E-state index in [0.717, 1.165) is 11.3 Å². The Labute approximate surface area is 185 Å². The second-order valence-electron chi connectivity index (χ2n) is 6.85. The van der Waals surface area contributed by atoms with Crippen molar-refractivity contribution in [3.63, 3.8) is 0 Å². The van der Waals surface area contributed by atoms with E-state index in [0.29, 0.717) is 29.2 Å². The van der Waals surface area contributed by atoms with Gasteiger partial charge in [-0.25, -0.2) is 14.5 Å². The van der Waals surface area contributed by atoms with Gasteiger partial charge in [0.2, 0.25) is 0 Å². The van der Waals surface area contributed by atoms with E-state index in [4.69, 9.17) is 4.74 Å². The third-order valence-corrected chi connectivity index (χ3v) is 4.68. The molecule has 0 unspecified atom stereocenters. The third kappa shape index (κ3) is 4.73. The normalized spacial score (nSPS) is 10.9. The molecular formula is C25H21FN4O2. The first-order chi connectivity index (χ1) is 15.7. The Morgan fingerprint density at radius 3 is 2.53 bits per heavy atom. The number of carbonyl (C=O) groups is 1. The minimum Gasteiger partial charge on any atom is -0.493 e. The van der Waals surface area contributed by atoms with Crippen LogP contribution >= 0.6 is 0 Å². The van der Waals surface area contributed by atoms with Crippen LogP contribution in [-0.2, 0) is 0 Å². The van der Waals surface area contributed by atoms with E-state index in [1.54, 1.807) is 47.3 Å². The number of carbonyl (C=O) groups excluding carboxylic acids is 1. The zero-order valence-corrected chi connectivity index (χ0v) is 17.4. The highest BCUT2D eigenvalue weighted by Crippen LogP contribution is 2.23. The van der Waals surface area contributed by atoms with Crippen LogP contribution < -0.4 is 10.2 Å². The number of amides is 1. The number of rotatable bonds is 7. The van der Waals surface area contributed by atoms with Crippen molar-refractivity contribution in [2.75, 3.05) is 6.61 Å². The lowest BCUT2D eigenvalue weighted by Gasteiger charge is -2.08. The van der Waals surface area contributed by atoms with Gasteiger partial charge in [-0.1, -0.05) is 30.3 Å². The molecule has 3 aromatic carbocycles. The molecule has 0 fully saturated rings. The Hall–Kier alpha value is -4.26. The number of halogens is 1. The fourth-order valence-corrected chi connectivity index (χ4v) is 3.18. The van der Waals surface area contributed by atoms with Crippen molar-refractivity contribution in [1.82, 2.24) is 15.2 Å². The zero-order valence-electron chi connectivity index (χ0n) is 17.4. The maximum absolute atomic E-state index is 13.4. The van der Waals surface area contributed by atoms with Gasteiger partial charge in [-0.2, -0.15) is 10.2 Å². The van der Waals surface area contributed by atoms with Crippen LogP contribution in [0.4, 0.5) is 4.39 Å². The summed E-state index contributed by atoms with van der Waals surface area (Å²) in [5.41, 5.74) is 5.81. The lowest BCUT2D eigenvalue weighted by atomic mass is 10.1. The van der Waals surface area contributed by atoms with Gasteiger partial charge in [-0.3, -0.25) is 4.79 Å². The summed E-state index contributed by atoms with van der Waals surface area (Å²) < 4.78 is 20.6. The van der Waals surface area contributed by atoms with Gasteiger partial charge in [0.1, 0.15) is 17.3 Å². The Morgan fingerprint density at radius 2 is 1.78 bits per heavy atom. The van der Waals surface area contributed by atoms with E-state index in [2.05, 4.69) is 15.6 Å². The van der Waals surface area contributed by atoms with E-state index in [-0.39, 0.29) is 11.7 Å². The topological polar surface area (TPSA) is 68.5 Å². The molecule has 32 heavy (non-hydrogen) atoms. The van der Waals surface area contributed by atoms with E-state index in [1.807, 2.05) is 37.3 Å². The number of benzene rings is 3. The van der Waals surface area contributed by atoms with Crippen LogP contribution in [0.3, 0.4) is 0 Å². The molecule has 0 saturated heterocycles. The first-order valence-corrected chi connectivity index (χ1v) is 10.1. The summed E-state index contributed by atoms with van der Waals surface area (Å²) in [6.45, 7) is 2.31. The number of hydrogen-bond donors (Lipinski definition) is 1. The Bertz CT molecular complexity index is 1230. The van der Waals surface area contributed by atoms with E-state index in [1.165, 1.54) is 18.3 Å². The fourth-order valence-electron chi connectivity index (χ4n) is 3.18. The molecule has 1 aromatic heterocycles. The molecule has 4 rings (SSSR count). The smallest absolute Gasteiger partial charge is 0.275 e. The molecule has 0 aliphatic rings. The van der Waals surface area contributed by atoms with Crippen molar-refractivity contribution >= 4 is 12.1 Å². The third-order valence-electron chi connectivity index (χ3n) is 4.68. The largest absolute Gasteiger partial charge is 0.493 e. The van der Waals surface area contributed by atoms with Crippen molar-refractivity contribution in [2.45, 2.75) is 6.92 Å². The Morgan fingerprint density at radius 1 is 1.06 bits per heavy atom. The SMILES string of the molecule is CCOc1ccccc1C(=O)N/N=C/c1cn(-c2ccccc2)nc1-c1ccc(F)cc1. The van der Waals surface area contributed by atoms with Crippen LogP contribution in [0, 0.1) is 5.82 Å². The molecule has 4 aromatic rings. The summed E-state index contributed by atoms with van der Waals surface area (Å²) in [4.78, 5) is 12.6. The maximum Gasteiger partial charge on any atom is 0.275 e. The minimum atomic E-state index is -0.385. The lowest BCUT2D eigenvalue weighted by Crippen LogP contribution is -2.18. The molecule has 6 nitrogen and oxygen atoms in total. The van der Waals surface area contributed by atoms with Crippen molar-refractivity contribution < 1.29 is 13.9 Å². The van der Waals surface area contributed by atoms with Crippen molar-refractivity contribution in [3.05, 3.63) is 102 Å². The lowest BCUT2D eigenvalue weighted by molar-refractivity contribution is 0.0951. The molecule has 0 spiro atoms. The average Bonchev–Trinajstić information content (AvgIpc) is 3.25. The van der Waals surface area contributed by atoms with E-state index in [9.17, 15) is 9.18 Å². The molecular weight excluding hydrogens is 407 g/mol. The minimum absolute atomic E-state index is 0.327. The summed E-state index contributed by atoms with van der Waals surface area (Å²) in [7, 11) is 0. The van der Waals surface area contributed by atoms with Gasteiger partial charge in [0, 0.05) is 17.3 Å². The highest BCUT2D eigenvalue weighted by Gasteiger charge is 2.13. The van der Waals surface area contributed by atoms with Gasteiger partial charge in [-0.05, 0) is 55.5 Å². The molecule has 1 N–H and O–H groups in total. The standard InChI is InChI=1S/C25H21FN4O2/c1-2-32-23-11-7-6-10-22(23)25(31)28-27-16-19-17-30(21-8-4-3-5-9-21)29-24(19)18-12-14-20(26)15-13-18/h3-17H,2H2,1H3,(H,28,31)/b27-16+. The predicted octanol–water partition coefficient (Wildman–Crippen LogP) is 4.84. The highest BCUT2D eigenvalue weighted by molar-refractivity contribution is 5.98. The first-order valence-electron chi connectivity index (χ1n) is 10.1. The predicted molar refractivity (Wildman–Crippen MR) is 122 cm³/mol. The number of para-hydroxylation sites is 2. The molecule has 1 heterocycles. The van der Waals surface area contributed by atoms with Crippen molar-refractivity contribution in [1.29, 1.82) is 0 Å². The molecule has 1 amide bonds. The first kappa shape index (κ1) is 21.0. The summed E-state index contributed by atoms with van der Waals surface area (Å²) in [6.07, 6.45) is 3.32. The van der Waals surface area contributed by atoms with Crippen LogP contribution in [0.2, 0.25) is 0 Å². The van der Waals surface area contributed by atoms with Crippen LogP contribution in [0.15, 0.2) is 90.2 Å². The highest BCUT2D eigenvalue weighted by atomic mass is 19.1. The maximum atomic E-state index is 13.4. The molecule has 0 aliphatic heterocycles. The summed E-state index contributed by atoms with van der Waals surface area (Å²) in [6, 6.07) is 22.6. The second kappa shape index (κ2) is 9.70. The molecule has 0 radical (unpaired) electrons. The average molecular weight is 428 g/mol. The Kier molecular flexibility index (Phi) is 6.36. The number of ether oxygens (including phenoxy) is 1. The second-order valence-corrected chi connectivity index (χ2v) is 6.85. The molecule has 0 bridgehead atoms. The van der Waals surface area contributed by atoms with E-state index < -0.39 is 0 Å². The number of nitrogens with one attached hydrogen (secondary N) is 1. The van der Waals surface area contributed by atoms with Crippen molar-refractivity contribution in [3.8, 4) is 22.7 Å². The van der Waals surface area contributed by atoms with Crippen LogP contribution in [0.25, 0.3) is 16.9 Å². The van der Waals surface area contributed by atoms with Gasteiger partial charge in [0.25, 0.3) is 5.91 Å². The summed E-state index contributed by atoms with van der Waals surface area (Å²) in [5, 5.41) is 8.77. The quantitative estimate of drug-likeness (QED) is 0.338. The zero-order chi connectivity index (χ0) is 22.3. The molecule has 160 valence electrons. The van der Waals surface area contributed by atoms with E-state index >= 15 is 0 Å². The number of hydrogen-bond acceptors (Lipinski definition) is 4. The van der Waals surface area contributed by atoms with Gasteiger partial charge in [0.05, 0.1) is 24.1 Å². The summed E-state index contributed by atoms with van der Waals surface area (Å²) >= 11 is 0. The van der Waals surface area contributed by atoms with Crippen LogP contribution in [0.1, 0.15) is 22.8 Å². The Balaban J connectivity index is 1.62. The number of aromatic nitrogens is 2. The number of hydrazone groups is 1. The van der Waals surface area contributed by atoms with Gasteiger partial charge >= 0.3 is 0 Å². The van der Waals surface area contributed by atoms with Crippen LogP contribution in [0.5, 0.6) is 5.75 Å². The monoisotopic (exact) mass is 428 g/mol. The molecule has 0 aliphatic carbocycles. The number of nitrogens with zero attached hydrogens (tertiary/aromatic N) is 3. The van der Waals surface area contributed by atoms with Gasteiger partial charge in [0.15, 0.2) is 0 Å². The van der Waals surface area contributed by atoms with Crippen LogP contribution in [-0.4, -0.2) is 28.5 Å². The van der Waals surface area contributed by atoms with Gasteiger partial charge < -0.3 is 4.74 Å². The van der Waals surface area contributed by atoms with Crippen molar-refractivity contribution in [2.24, 2.45) is 5.10 Å². The fraction of sp³-hybridized carbons (Fsp3) is 0.0800. The molecule has 0 atom stereocenters. The molecule has 7 heteroatoms.